The predicted octanol–water partition coefficient (Wildman–Crippen LogP) is 3.93. The first-order chi connectivity index (χ1) is 11.2. The maximum atomic E-state index is 11.3. The van der Waals surface area contributed by atoms with Gasteiger partial charge < -0.3 is 5.11 Å². The minimum absolute atomic E-state index is 0.0433. The zero-order valence-corrected chi connectivity index (χ0v) is 13.9. The van der Waals surface area contributed by atoms with Crippen LogP contribution in [-0.2, 0) is 18.4 Å². The Hall–Kier alpha value is -1.65. The highest BCUT2D eigenvalue weighted by Gasteiger charge is 2.42. The van der Waals surface area contributed by atoms with Gasteiger partial charge in [0.2, 0.25) is 0 Å². The topological polar surface area (TPSA) is 40.5 Å². The SMILES string of the molecule is O=C(O)c1cc2c(s1)CCC(c1ccccc1)(N1CCCC1)C2. The number of carboxylic acid groups (broad SMARTS) is 1. The molecule has 1 aliphatic carbocycles. The summed E-state index contributed by atoms with van der Waals surface area (Å²) in [4.78, 5) is 15.7. The summed E-state index contributed by atoms with van der Waals surface area (Å²) in [5, 5.41) is 9.29. The highest BCUT2D eigenvalue weighted by atomic mass is 32.1. The van der Waals surface area contributed by atoms with Gasteiger partial charge in [-0.15, -0.1) is 11.3 Å². The van der Waals surface area contributed by atoms with Gasteiger partial charge in [-0.25, -0.2) is 4.79 Å². The molecule has 4 rings (SSSR count). The Morgan fingerprint density at radius 3 is 2.61 bits per heavy atom. The maximum Gasteiger partial charge on any atom is 0.345 e. The summed E-state index contributed by atoms with van der Waals surface area (Å²) in [6.45, 7) is 2.31. The van der Waals surface area contributed by atoms with E-state index in [4.69, 9.17) is 0 Å². The molecule has 23 heavy (non-hydrogen) atoms. The van der Waals surface area contributed by atoms with Crippen molar-refractivity contribution in [3.63, 3.8) is 0 Å². The van der Waals surface area contributed by atoms with E-state index in [0.717, 1.165) is 32.4 Å². The summed E-state index contributed by atoms with van der Waals surface area (Å²) in [6, 6.07) is 12.7. The Kier molecular flexibility index (Phi) is 3.74. The van der Waals surface area contributed by atoms with E-state index in [2.05, 4.69) is 35.2 Å². The highest BCUT2D eigenvalue weighted by Crippen LogP contribution is 2.45. The van der Waals surface area contributed by atoms with Gasteiger partial charge in [-0.05, 0) is 62.4 Å². The first kappa shape index (κ1) is 14.9. The zero-order valence-electron chi connectivity index (χ0n) is 13.1. The lowest BCUT2D eigenvalue weighted by molar-refractivity contribution is 0.0701. The van der Waals surface area contributed by atoms with E-state index in [1.807, 2.05) is 6.07 Å². The van der Waals surface area contributed by atoms with Crippen LogP contribution in [-0.4, -0.2) is 29.1 Å². The van der Waals surface area contributed by atoms with Gasteiger partial charge in [0, 0.05) is 4.88 Å². The van der Waals surface area contributed by atoms with Gasteiger partial charge in [-0.1, -0.05) is 30.3 Å². The molecule has 0 saturated carbocycles. The van der Waals surface area contributed by atoms with Crippen molar-refractivity contribution in [2.45, 2.75) is 37.6 Å². The van der Waals surface area contributed by atoms with Crippen LogP contribution in [0.1, 0.15) is 44.9 Å². The first-order valence-corrected chi connectivity index (χ1v) is 9.16. The number of likely N-dealkylation sites (tertiary alicyclic amines) is 1. The Balaban J connectivity index is 1.76. The van der Waals surface area contributed by atoms with E-state index in [0.29, 0.717) is 4.88 Å². The molecule has 0 amide bonds. The van der Waals surface area contributed by atoms with Crippen molar-refractivity contribution >= 4 is 17.3 Å². The third-order valence-corrected chi connectivity index (χ3v) is 6.60. The van der Waals surface area contributed by atoms with Gasteiger partial charge in [0.05, 0.1) is 5.54 Å². The van der Waals surface area contributed by atoms with E-state index in [9.17, 15) is 9.90 Å². The Bertz CT molecular complexity index is 718. The molecule has 0 bridgehead atoms. The Labute approximate surface area is 140 Å². The molecule has 4 heteroatoms. The molecule has 120 valence electrons. The second-order valence-electron chi connectivity index (χ2n) is 6.63. The van der Waals surface area contributed by atoms with Crippen LogP contribution in [0.5, 0.6) is 0 Å². The van der Waals surface area contributed by atoms with Crippen molar-refractivity contribution in [1.82, 2.24) is 4.90 Å². The number of aryl methyl sites for hydroxylation is 1. The lowest BCUT2D eigenvalue weighted by Crippen LogP contribution is -2.48. The summed E-state index contributed by atoms with van der Waals surface area (Å²) in [5.74, 6) is -0.795. The molecule has 1 saturated heterocycles. The van der Waals surface area contributed by atoms with Crippen molar-refractivity contribution in [3.8, 4) is 0 Å². The molecule has 2 aliphatic rings. The fraction of sp³-hybridized carbons (Fsp3) is 0.421. The molecule has 1 aromatic carbocycles. The van der Waals surface area contributed by atoms with E-state index >= 15 is 0 Å². The molecule has 1 N–H and O–H groups in total. The lowest BCUT2D eigenvalue weighted by atomic mass is 9.75. The molecule has 1 atom stereocenters. The van der Waals surface area contributed by atoms with Crippen LogP contribution in [0.25, 0.3) is 0 Å². The van der Waals surface area contributed by atoms with E-state index in [1.165, 1.54) is 40.2 Å². The molecule has 0 spiro atoms. The quantitative estimate of drug-likeness (QED) is 0.929. The first-order valence-electron chi connectivity index (χ1n) is 8.34. The molecule has 3 nitrogen and oxygen atoms in total. The largest absolute Gasteiger partial charge is 0.477 e. The van der Waals surface area contributed by atoms with Crippen LogP contribution in [0.15, 0.2) is 36.4 Å². The van der Waals surface area contributed by atoms with Gasteiger partial charge in [-0.3, -0.25) is 4.90 Å². The minimum atomic E-state index is -0.795. The number of hydrogen-bond donors (Lipinski definition) is 1. The third-order valence-electron chi connectivity index (χ3n) is 5.38. The summed E-state index contributed by atoms with van der Waals surface area (Å²) in [5.41, 5.74) is 2.67. The fourth-order valence-corrected chi connectivity index (χ4v) is 5.27. The molecular formula is C19H21NO2S. The Morgan fingerprint density at radius 2 is 1.91 bits per heavy atom. The molecule has 1 unspecified atom stereocenters. The van der Waals surface area contributed by atoms with Gasteiger partial charge in [-0.2, -0.15) is 0 Å². The zero-order chi connectivity index (χ0) is 15.9. The van der Waals surface area contributed by atoms with Crippen molar-refractivity contribution in [1.29, 1.82) is 0 Å². The van der Waals surface area contributed by atoms with Crippen molar-refractivity contribution in [2.24, 2.45) is 0 Å². The fourth-order valence-electron chi connectivity index (χ4n) is 4.25. The summed E-state index contributed by atoms with van der Waals surface area (Å²) in [6.07, 6.45) is 5.55. The molecule has 1 aromatic heterocycles. The normalized spacial score (nSPS) is 24.5. The monoisotopic (exact) mass is 327 g/mol. The van der Waals surface area contributed by atoms with Crippen LogP contribution in [0, 0.1) is 0 Å². The second kappa shape index (κ2) is 5.77. The van der Waals surface area contributed by atoms with Crippen LogP contribution in [0.3, 0.4) is 0 Å². The number of carboxylic acids is 1. The van der Waals surface area contributed by atoms with Crippen LogP contribution >= 0.6 is 11.3 Å². The number of aromatic carboxylic acids is 1. The standard InChI is InChI=1S/C19H21NO2S/c21-18(22)17-12-14-13-19(9-8-16(14)23-17,20-10-4-5-11-20)15-6-2-1-3-7-15/h1-3,6-7,12H,4-5,8-11,13H2,(H,21,22). The number of rotatable bonds is 3. The average Bonchev–Trinajstić information content (AvgIpc) is 3.24. The van der Waals surface area contributed by atoms with Crippen LogP contribution in [0.2, 0.25) is 0 Å². The highest BCUT2D eigenvalue weighted by molar-refractivity contribution is 7.14. The second-order valence-corrected chi connectivity index (χ2v) is 7.77. The minimum Gasteiger partial charge on any atom is -0.477 e. The molecule has 1 fully saturated rings. The number of benzene rings is 1. The van der Waals surface area contributed by atoms with Gasteiger partial charge >= 0.3 is 5.97 Å². The maximum absolute atomic E-state index is 11.3. The van der Waals surface area contributed by atoms with Crippen LogP contribution in [0.4, 0.5) is 0 Å². The molecule has 2 heterocycles. The van der Waals surface area contributed by atoms with Gasteiger partial charge in [0.25, 0.3) is 0 Å². The van der Waals surface area contributed by atoms with Crippen LogP contribution < -0.4 is 0 Å². The van der Waals surface area contributed by atoms with Gasteiger partial charge in [0.15, 0.2) is 0 Å². The molecule has 1 aliphatic heterocycles. The van der Waals surface area contributed by atoms with E-state index in [-0.39, 0.29) is 5.54 Å². The third kappa shape index (κ3) is 2.50. The smallest absolute Gasteiger partial charge is 0.345 e. The number of thiophene rings is 1. The molecular weight excluding hydrogens is 306 g/mol. The molecule has 0 radical (unpaired) electrons. The summed E-state index contributed by atoms with van der Waals surface area (Å²) in [7, 11) is 0. The van der Waals surface area contributed by atoms with Crippen molar-refractivity contribution in [2.75, 3.05) is 13.1 Å². The predicted molar refractivity (Wildman–Crippen MR) is 92.2 cm³/mol. The van der Waals surface area contributed by atoms with Crippen molar-refractivity contribution < 1.29 is 9.90 Å². The Morgan fingerprint density at radius 1 is 1.17 bits per heavy atom. The van der Waals surface area contributed by atoms with Gasteiger partial charge in [0.1, 0.15) is 4.88 Å². The number of nitrogens with zero attached hydrogens (tertiary/aromatic N) is 1. The lowest BCUT2D eigenvalue weighted by Gasteiger charge is -2.45. The summed E-state index contributed by atoms with van der Waals surface area (Å²) < 4.78 is 0. The van der Waals surface area contributed by atoms with E-state index < -0.39 is 5.97 Å². The number of hydrogen-bond acceptors (Lipinski definition) is 3. The molecule has 2 aromatic rings. The number of carbonyl (C=O) groups is 1. The number of fused-ring (bicyclic) bond motifs is 1. The van der Waals surface area contributed by atoms with Crippen molar-refractivity contribution in [3.05, 3.63) is 57.3 Å². The average molecular weight is 327 g/mol. The summed E-state index contributed by atoms with van der Waals surface area (Å²) >= 11 is 1.46. The van der Waals surface area contributed by atoms with E-state index in [1.54, 1.807) is 0 Å².